The first-order valence-electron chi connectivity index (χ1n) is 8.74. The standard InChI is InChI=1S/C19H25F3N2/c1-2-10-24-11-8-17(9-12-24)23-18(14-6-7-14)15-4-3-5-16(13-15)19(20,21)22/h2-5,13-14,17-18,23H,1,6-12H2/t18-/m0/s1. The van der Waals surface area contributed by atoms with Crippen molar-refractivity contribution in [2.45, 2.75) is 43.9 Å². The highest BCUT2D eigenvalue weighted by molar-refractivity contribution is 5.29. The molecule has 132 valence electrons. The molecule has 1 atom stereocenters. The normalized spacial score (nSPS) is 21.6. The van der Waals surface area contributed by atoms with Crippen LogP contribution in [0.4, 0.5) is 13.2 Å². The van der Waals surface area contributed by atoms with Crippen LogP contribution in [0.15, 0.2) is 36.9 Å². The fourth-order valence-electron chi connectivity index (χ4n) is 3.56. The molecule has 1 aliphatic carbocycles. The van der Waals surface area contributed by atoms with E-state index in [1.54, 1.807) is 0 Å². The number of rotatable bonds is 6. The Morgan fingerprint density at radius 3 is 2.50 bits per heavy atom. The van der Waals surface area contributed by atoms with E-state index in [0.29, 0.717) is 12.0 Å². The number of alkyl halides is 3. The van der Waals surface area contributed by atoms with Gasteiger partial charge in [-0.15, -0.1) is 6.58 Å². The van der Waals surface area contributed by atoms with Gasteiger partial charge in [0.25, 0.3) is 0 Å². The Morgan fingerprint density at radius 1 is 1.21 bits per heavy atom. The summed E-state index contributed by atoms with van der Waals surface area (Å²) in [5.74, 6) is 0.472. The van der Waals surface area contributed by atoms with Crippen LogP contribution in [0.25, 0.3) is 0 Å². The number of piperidine rings is 1. The van der Waals surface area contributed by atoms with Gasteiger partial charge in [-0.25, -0.2) is 0 Å². The first-order valence-corrected chi connectivity index (χ1v) is 8.74. The Kier molecular flexibility index (Phi) is 5.30. The molecule has 1 saturated carbocycles. The zero-order chi connectivity index (χ0) is 17.2. The van der Waals surface area contributed by atoms with Crippen LogP contribution in [0.2, 0.25) is 0 Å². The van der Waals surface area contributed by atoms with Gasteiger partial charge in [0.2, 0.25) is 0 Å². The smallest absolute Gasteiger partial charge is 0.307 e. The van der Waals surface area contributed by atoms with Crippen molar-refractivity contribution >= 4 is 0 Å². The second-order valence-corrected chi connectivity index (χ2v) is 6.97. The number of likely N-dealkylation sites (tertiary alicyclic amines) is 1. The third-order valence-corrected chi connectivity index (χ3v) is 5.06. The van der Waals surface area contributed by atoms with Crippen molar-refractivity contribution < 1.29 is 13.2 Å². The second kappa shape index (κ2) is 7.28. The third-order valence-electron chi connectivity index (χ3n) is 5.06. The van der Waals surface area contributed by atoms with E-state index in [-0.39, 0.29) is 6.04 Å². The zero-order valence-electron chi connectivity index (χ0n) is 13.9. The van der Waals surface area contributed by atoms with Gasteiger partial charge in [0.05, 0.1) is 5.56 Å². The maximum atomic E-state index is 13.0. The number of hydrogen-bond donors (Lipinski definition) is 1. The van der Waals surface area contributed by atoms with E-state index in [4.69, 9.17) is 0 Å². The van der Waals surface area contributed by atoms with Crippen molar-refractivity contribution in [3.63, 3.8) is 0 Å². The predicted molar refractivity (Wildman–Crippen MR) is 89.7 cm³/mol. The highest BCUT2D eigenvalue weighted by Gasteiger charge is 2.36. The van der Waals surface area contributed by atoms with E-state index in [2.05, 4.69) is 16.8 Å². The Hall–Kier alpha value is -1.33. The second-order valence-electron chi connectivity index (χ2n) is 6.97. The third kappa shape index (κ3) is 4.39. The Bertz CT molecular complexity index is 558. The van der Waals surface area contributed by atoms with E-state index in [9.17, 15) is 13.2 Å². The van der Waals surface area contributed by atoms with Gasteiger partial charge in [-0.2, -0.15) is 13.2 Å². The number of nitrogens with one attached hydrogen (secondary N) is 1. The molecule has 0 unspecified atom stereocenters. The van der Waals surface area contributed by atoms with Gasteiger partial charge in [0.15, 0.2) is 0 Å². The van der Waals surface area contributed by atoms with Crippen molar-refractivity contribution in [3.05, 3.63) is 48.0 Å². The van der Waals surface area contributed by atoms with Crippen molar-refractivity contribution in [1.29, 1.82) is 0 Å². The van der Waals surface area contributed by atoms with Crippen molar-refractivity contribution in [2.75, 3.05) is 19.6 Å². The monoisotopic (exact) mass is 338 g/mol. The van der Waals surface area contributed by atoms with Gasteiger partial charge in [0.1, 0.15) is 0 Å². The van der Waals surface area contributed by atoms with Crippen molar-refractivity contribution in [3.8, 4) is 0 Å². The molecule has 1 aromatic carbocycles. The van der Waals surface area contributed by atoms with Crippen LogP contribution in [0.5, 0.6) is 0 Å². The molecule has 2 nitrogen and oxygen atoms in total. The van der Waals surface area contributed by atoms with E-state index in [1.807, 2.05) is 12.1 Å². The number of benzene rings is 1. The largest absolute Gasteiger partial charge is 0.416 e. The average molecular weight is 338 g/mol. The summed E-state index contributed by atoms with van der Waals surface area (Å²) in [5.41, 5.74) is 0.231. The van der Waals surface area contributed by atoms with Crippen LogP contribution in [0, 0.1) is 5.92 Å². The van der Waals surface area contributed by atoms with E-state index in [1.165, 1.54) is 12.1 Å². The summed E-state index contributed by atoms with van der Waals surface area (Å²) in [6, 6.07) is 6.26. The van der Waals surface area contributed by atoms with E-state index < -0.39 is 11.7 Å². The lowest BCUT2D eigenvalue weighted by atomic mass is 9.96. The SMILES string of the molecule is C=CCN1CCC(N[C@H](c2cccc(C(F)(F)F)c2)C2CC2)CC1. The molecule has 24 heavy (non-hydrogen) atoms. The van der Waals surface area contributed by atoms with Crippen molar-refractivity contribution in [1.82, 2.24) is 10.2 Å². The van der Waals surface area contributed by atoms with Gasteiger partial charge >= 0.3 is 6.18 Å². The minimum absolute atomic E-state index is 0.0447. The molecule has 0 aromatic heterocycles. The van der Waals surface area contributed by atoms with Gasteiger partial charge < -0.3 is 5.32 Å². The molecule has 1 saturated heterocycles. The molecule has 0 amide bonds. The van der Waals surface area contributed by atoms with Crippen LogP contribution in [0.3, 0.4) is 0 Å². The fraction of sp³-hybridized carbons (Fsp3) is 0.579. The number of halogens is 3. The summed E-state index contributed by atoms with van der Waals surface area (Å²) in [5, 5.41) is 3.66. The predicted octanol–water partition coefficient (Wildman–Crippen LogP) is 4.40. The van der Waals surface area contributed by atoms with Crippen LogP contribution < -0.4 is 5.32 Å². The van der Waals surface area contributed by atoms with Crippen LogP contribution in [0.1, 0.15) is 42.9 Å². The first-order chi connectivity index (χ1) is 11.5. The van der Waals surface area contributed by atoms with Gasteiger partial charge in [-0.1, -0.05) is 18.2 Å². The number of nitrogens with zero attached hydrogens (tertiary/aromatic N) is 1. The molecule has 5 heteroatoms. The molecule has 0 radical (unpaired) electrons. The quantitative estimate of drug-likeness (QED) is 0.774. The van der Waals surface area contributed by atoms with Gasteiger partial charge in [-0.3, -0.25) is 4.90 Å². The van der Waals surface area contributed by atoms with Gasteiger partial charge in [-0.05, 0) is 62.4 Å². The fourth-order valence-corrected chi connectivity index (χ4v) is 3.56. The van der Waals surface area contributed by atoms with Gasteiger partial charge in [0, 0.05) is 18.6 Å². The van der Waals surface area contributed by atoms with Crippen LogP contribution in [-0.4, -0.2) is 30.6 Å². The summed E-state index contributed by atoms with van der Waals surface area (Å²) in [6.07, 6.45) is 1.92. The first kappa shape index (κ1) is 17.5. The lowest BCUT2D eigenvalue weighted by Crippen LogP contribution is -2.44. The lowest BCUT2D eigenvalue weighted by Gasteiger charge is -2.34. The molecule has 2 fully saturated rings. The Labute approximate surface area is 141 Å². The maximum absolute atomic E-state index is 13.0. The molecule has 1 aromatic rings. The van der Waals surface area contributed by atoms with Crippen molar-refractivity contribution in [2.24, 2.45) is 5.92 Å². The molecular formula is C19H25F3N2. The molecule has 1 heterocycles. The Balaban J connectivity index is 1.67. The zero-order valence-corrected chi connectivity index (χ0v) is 13.9. The summed E-state index contributed by atoms with van der Waals surface area (Å²) in [7, 11) is 0. The van der Waals surface area contributed by atoms with E-state index in [0.717, 1.165) is 56.9 Å². The van der Waals surface area contributed by atoms with Crippen LogP contribution in [-0.2, 0) is 6.18 Å². The molecule has 3 rings (SSSR count). The summed E-state index contributed by atoms with van der Waals surface area (Å²) in [4.78, 5) is 2.36. The Morgan fingerprint density at radius 2 is 1.92 bits per heavy atom. The molecule has 0 spiro atoms. The maximum Gasteiger partial charge on any atom is 0.416 e. The molecule has 0 bridgehead atoms. The molecule has 2 aliphatic rings. The average Bonchev–Trinajstić information content (AvgIpc) is 3.38. The van der Waals surface area contributed by atoms with Crippen LogP contribution >= 0.6 is 0 Å². The summed E-state index contributed by atoms with van der Waals surface area (Å²) in [6.45, 7) is 6.72. The molecule has 1 N–H and O–H groups in total. The lowest BCUT2D eigenvalue weighted by molar-refractivity contribution is -0.137. The molecule has 1 aliphatic heterocycles. The summed E-state index contributed by atoms with van der Waals surface area (Å²) >= 11 is 0. The summed E-state index contributed by atoms with van der Waals surface area (Å²) < 4.78 is 39.0. The topological polar surface area (TPSA) is 15.3 Å². The highest BCUT2D eigenvalue weighted by atomic mass is 19.4. The highest BCUT2D eigenvalue weighted by Crippen LogP contribution is 2.42. The molecular weight excluding hydrogens is 313 g/mol. The van der Waals surface area contributed by atoms with E-state index >= 15 is 0 Å². The number of hydrogen-bond acceptors (Lipinski definition) is 2. The minimum atomic E-state index is -4.28. The minimum Gasteiger partial charge on any atom is -0.307 e.